The van der Waals surface area contributed by atoms with Gasteiger partial charge in [-0.25, -0.2) is 0 Å². The molecular weight excluding hydrogens is 146 g/mol. The Hall–Kier alpha value is 0.250. The third-order valence-corrected chi connectivity index (χ3v) is 2.98. The Morgan fingerprint density at radius 2 is 1.80 bits per heavy atom. The summed E-state index contributed by atoms with van der Waals surface area (Å²) in [6.07, 6.45) is 2.95. The number of rotatable bonds is 0. The number of piperidine rings is 3. The molecule has 3 aliphatic rings. The molecule has 2 bridgehead atoms. The second-order valence-corrected chi connectivity index (χ2v) is 3.62. The molecule has 0 radical (unpaired) electrons. The third kappa shape index (κ3) is 1.30. The molecule has 3 aliphatic heterocycles. The molecule has 0 N–H and O–H groups in total. The molecule has 0 aliphatic carbocycles. The van der Waals surface area contributed by atoms with Crippen LogP contribution in [0.1, 0.15) is 19.8 Å². The van der Waals surface area contributed by atoms with Gasteiger partial charge in [-0.15, -0.1) is 12.4 Å². The first kappa shape index (κ1) is 8.35. The zero-order chi connectivity index (χ0) is 6.27. The molecule has 10 heavy (non-hydrogen) atoms. The van der Waals surface area contributed by atoms with E-state index in [-0.39, 0.29) is 12.4 Å². The molecule has 60 valence electrons. The van der Waals surface area contributed by atoms with Crippen molar-refractivity contribution in [2.24, 2.45) is 11.8 Å². The van der Waals surface area contributed by atoms with E-state index >= 15 is 0 Å². The van der Waals surface area contributed by atoms with E-state index in [9.17, 15) is 0 Å². The normalized spacial score (nSPS) is 44.7. The summed E-state index contributed by atoms with van der Waals surface area (Å²) in [7, 11) is 0. The van der Waals surface area contributed by atoms with Crippen molar-refractivity contribution in [3.05, 3.63) is 0 Å². The highest BCUT2D eigenvalue weighted by Gasteiger charge is 2.30. The van der Waals surface area contributed by atoms with Crippen LogP contribution in [0.3, 0.4) is 0 Å². The summed E-state index contributed by atoms with van der Waals surface area (Å²) in [4.78, 5) is 2.60. The van der Waals surface area contributed by atoms with E-state index in [0.29, 0.717) is 0 Å². The van der Waals surface area contributed by atoms with Gasteiger partial charge in [0.05, 0.1) is 0 Å². The van der Waals surface area contributed by atoms with Crippen LogP contribution in [-0.4, -0.2) is 24.5 Å². The predicted molar refractivity (Wildman–Crippen MR) is 45.6 cm³/mol. The summed E-state index contributed by atoms with van der Waals surface area (Å²) in [5.74, 6) is 2.07. The van der Waals surface area contributed by atoms with Crippen LogP contribution < -0.4 is 0 Å². The van der Waals surface area contributed by atoms with Gasteiger partial charge in [0.1, 0.15) is 0 Å². The van der Waals surface area contributed by atoms with Crippen LogP contribution in [0.15, 0.2) is 0 Å². The van der Waals surface area contributed by atoms with Crippen LogP contribution in [0.25, 0.3) is 0 Å². The molecule has 3 heterocycles. The van der Waals surface area contributed by atoms with E-state index in [1.807, 2.05) is 0 Å². The maximum absolute atomic E-state index is 2.60. The minimum absolute atomic E-state index is 0. The van der Waals surface area contributed by atoms with Gasteiger partial charge in [0, 0.05) is 6.54 Å². The number of halogens is 1. The molecule has 0 amide bonds. The van der Waals surface area contributed by atoms with Gasteiger partial charge >= 0.3 is 0 Å². The third-order valence-electron chi connectivity index (χ3n) is 2.98. The zero-order valence-electron chi connectivity index (χ0n) is 6.55. The average molecular weight is 162 g/mol. The van der Waals surface area contributed by atoms with E-state index in [2.05, 4.69) is 11.8 Å². The second-order valence-electron chi connectivity index (χ2n) is 3.62. The lowest BCUT2D eigenvalue weighted by Gasteiger charge is -2.43. The fourth-order valence-electron chi connectivity index (χ4n) is 2.26. The van der Waals surface area contributed by atoms with Crippen LogP contribution in [0.5, 0.6) is 0 Å². The summed E-state index contributed by atoms with van der Waals surface area (Å²) in [6, 6.07) is 0. The smallest absolute Gasteiger partial charge is 0.000968 e. The van der Waals surface area contributed by atoms with E-state index in [1.54, 1.807) is 0 Å². The van der Waals surface area contributed by atoms with E-state index < -0.39 is 0 Å². The van der Waals surface area contributed by atoms with Crippen molar-refractivity contribution in [3.63, 3.8) is 0 Å². The molecule has 3 rings (SSSR count). The molecule has 0 aromatic carbocycles. The molecule has 0 saturated carbocycles. The predicted octanol–water partition coefficient (Wildman–Crippen LogP) is 1.77. The topological polar surface area (TPSA) is 3.24 Å². The van der Waals surface area contributed by atoms with Gasteiger partial charge in [-0.3, -0.25) is 0 Å². The molecule has 1 unspecified atom stereocenters. The summed E-state index contributed by atoms with van der Waals surface area (Å²) in [5, 5.41) is 0. The molecule has 3 fully saturated rings. The van der Waals surface area contributed by atoms with Gasteiger partial charge in [-0.1, -0.05) is 6.92 Å². The highest BCUT2D eigenvalue weighted by molar-refractivity contribution is 5.85. The van der Waals surface area contributed by atoms with Gasteiger partial charge in [0.25, 0.3) is 0 Å². The Morgan fingerprint density at radius 3 is 2.00 bits per heavy atom. The standard InChI is InChI=1S/C8H15N.ClH/c1-7-6-9-4-2-8(7)3-5-9;/h7-8H,2-6H2,1H3;1H. The van der Waals surface area contributed by atoms with Gasteiger partial charge in [-0.2, -0.15) is 0 Å². The van der Waals surface area contributed by atoms with Crippen molar-refractivity contribution in [1.29, 1.82) is 0 Å². The first-order valence-electron chi connectivity index (χ1n) is 4.08. The van der Waals surface area contributed by atoms with Crippen LogP contribution in [0.2, 0.25) is 0 Å². The highest BCUT2D eigenvalue weighted by atomic mass is 35.5. The molecule has 1 atom stereocenters. The molecule has 0 aromatic rings. The van der Waals surface area contributed by atoms with Gasteiger partial charge in [0.2, 0.25) is 0 Å². The lowest BCUT2D eigenvalue weighted by molar-refractivity contribution is 0.0603. The highest BCUT2D eigenvalue weighted by Crippen LogP contribution is 2.31. The maximum atomic E-state index is 2.60. The minimum Gasteiger partial charge on any atom is -0.303 e. The fraction of sp³-hybridized carbons (Fsp3) is 1.00. The van der Waals surface area contributed by atoms with Crippen molar-refractivity contribution in [2.75, 3.05) is 19.6 Å². The lowest BCUT2D eigenvalue weighted by Crippen LogP contribution is -2.46. The quantitative estimate of drug-likeness (QED) is 0.524. The zero-order valence-corrected chi connectivity index (χ0v) is 7.36. The maximum Gasteiger partial charge on any atom is 0.000968 e. The molecule has 0 spiro atoms. The number of fused-ring (bicyclic) bond motifs is 3. The minimum atomic E-state index is 0. The largest absolute Gasteiger partial charge is 0.303 e. The molecule has 2 heteroatoms. The van der Waals surface area contributed by atoms with Crippen LogP contribution >= 0.6 is 12.4 Å². The monoisotopic (exact) mass is 161 g/mol. The summed E-state index contributed by atoms with van der Waals surface area (Å²) in [6.45, 7) is 6.55. The molecular formula is C8H16ClN. The Kier molecular flexibility index (Phi) is 2.59. The van der Waals surface area contributed by atoms with Crippen LogP contribution in [0, 0.1) is 11.8 Å². The summed E-state index contributed by atoms with van der Waals surface area (Å²) >= 11 is 0. The van der Waals surface area contributed by atoms with Gasteiger partial charge < -0.3 is 4.90 Å². The first-order chi connectivity index (χ1) is 4.36. The summed E-state index contributed by atoms with van der Waals surface area (Å²) < 4.78 is 0. The van der Waals surface area contributed by atoms with Crippen LogP contribution in [0.4, 0.5) is 0 Å². The van der Waals surface area contributed by atoms with Gasteiger partial charge in [0.15, 0.2) is 0 Å². The SMILES string of the molecule is CC1CN2CCC1CC2.Cl. The van der Waals surface area contributed by atoms with E-state index in [1.165, 1.54) is 32.5 Å². The van der Waals surface area contributed by atoms with Crippen molar-refractivity contribution >= 4 is 12.4 Å². The Morgan fingerprint density at radius 1 is 1.20 bits per heavy atom. The van der Waals surface area contributed by atoms with E-state index in [4.69, 9.17) is 0 Å². The van der Waals surface area contributed by atoms with Crippen molar-refractivity contribution in [1.82, 2.24) is 4.90 Å². The fourth-order valence-corrected chi connectivity index (χ4v) is 2.26. The molecule has 3 saturated heterocycles. The Bertz CT molecular complexity index is 108. The first-order valence-corrected chi connectivity index (χ1v) is 4.08. The Balaban J connectivity index is 0.000000500. The number of hydrogen-bond donors (Lipinski definition) is 0. The molecule has 0 aromatic heterocycles. The van der Waals surface area contributed by atoms with Crippen LogP contribution in [-0.2, 0) is 0 Å². The number of hydrogen-bond acceptors (Lipinski definition) is 1. The van der Waals surface area contributed by atoms with Crippen molar-refractivity contribution in [2.45, 2.75) is 19.8 Å². The van der Waals surface area contributed by atoms with Crippen molar-refractivity contribution < 1.29 is 0 Å². The van der Waals surface area contributed by atoms with E-state index in [0.717, 1.165) is 11.8 Å². The van der Waals surface area contributed by atoms with Crippen molar-refractivity contribution in [3.8, 4) is 0 Å². The second kappa shape index (κ2) is 3.10. The summed E-state index contributed by atoms with van der Waals surface area (Å²) in [5.41, 5.74) is 0. The molecule has 1 nitrogen and oxygen atoms in total. The van der Waals surface area contributed by atoms with Gasteiger partial charge in [-0.05, 0) is 37.8 Å². The lowest BCUT2D eigenvalue weighted by atomic mass is 9.80. The Labute approximate surface area is 69.2 Å². The number of nitrogens with zero attached hydrogens (tertiary/aromatic N) is 1. The average Bonchev–Trinajstić information content (AvgIpc) is 1.90.